The molecule has 0 unspecified atom stereocenters. The number of para-hydroxylation sites is 1. The molecule has 0 bridgehead atoms. The van der Waals surface area contributed by atoms with Crippen molar-refractivity contribution in [2.24, 2.45) is 0 Å². The van der Waals surface area contributed by atoms with Crippen LogP contribution < -0.4 is 4.90 Å². The topological polar surface area (TPSA) is 33.2 Å². The number of nitrogens with zero attached hydrogens (tertiary/aromatic N) is 2. The van der Waals surface area contributed by atoms with Gasteiger partial charge in [-0.05, 0) is 30.5 Å². The third-order valence-corrected chi connectivity index (χ3v) is 6.24. The highest BCUT2D eigenvalue weighted by Gasteiger charge is 2.25. The highest BCUT2D eigenvalue weighted by Crippen LogP contribution is 2.38. The summed E-state index contributed by atoms with van der Waals surface area (Å²) in [7, 11) is 0. The van der Waals surface area contributed by atoms with E-state index in [1.54, 1.807) is 18.2 Å². The predicted octanol–water partition coefficient (Wildman–Crippen LogP) is 6.81. The van der Waals surface area contributed by atoms with Gasteiger partial charge >= 0.3 is 0 Å². The Morgan fingerprint density at radius 2 is 1.58 bits per heavy atom. The van der Waals surface area contributed by atoms with Crippen LogP contribution >= 0.6 is 11.3 Å². The van der Waals surface area contributed by atoms with Crippen LogP contribution in [0.15, 0.2) is 84.9 Å². The molecule has 0 fully saturated rings. The lowest BCUT2D eigenvalue weighted by molar-refractivity contribution is -0.117. The Kier molecular flexibility index (Phi) is 6.53. The van der Waals surface area contributed by atoms with Gasteiger partial charge in [0, 0.05) is 16.9 Å². The molecule has 0 N–H and O–H groups in total. The number of anilines is 2. The number of aromatic nitrogens is 1. The van der Waals surface area contributed by atoms with Gasteiger partial charge in [0.25, 0.3) is 0 Å². The highest BCUT2D eigenvalue weighted by atomic mass is 32.1. The third-order valence-electron chi connectivity index (χ3n) is 5.06. The first kappa shape index (κ1) is 20.9. The van der Waals surface area contributed by atoms with E-state index < -0.39 is 5.82 Å². The van der Waals surface area contributed by atoms with E-state index in [2.05, 4.69) is 6.92 Å². The highest BCUT2D eigenvalue weighted by molar-refractivity contribution is 7.16. The Balaban J connectivity index is 1.72. The zero-order valence-electron chi connectivity index (χ0n) is 17.3. The summed E-state index contributed by atoms with van der Waals surface area (Å²) in [5, 5.41) is 0.499. The van der Waals surface area contributed by atoms with Crippen LogP contribution in [0, 0.1) is 5.82 Å². The van der Waals surface area contributed by atoms with Crippen LogP contribution in [0.4, 0.5) is 15.2 Å². The fourth-order valence-electron chi connectivity index (χ4n) is 3.48. The van der Waals surface area contributed by atoms with E-state index in [9.17, 15) is 9.18 Å². The van der Waals surface area contributed by atoms with Gasteiger partial charge in [-0.25, -0.2) is 9.37 Å². The Bertz CT molecular complexity index is 1160. The van der Waals surface area contributed by atoms with Crippen molar-refractivity contribution >= 4 is 28.1 Å². The average molecular weight is 431 g/mol. The van der Waals surface area contributed by atoms with Crippen molar-refractivity contribution in [1.82, 2.24) is 4.98 Å². The quantitative estimate of drug-likeness (QED) is 0.323. The molecule has 1 aromatic heterocycles. The van der Waals surface area contributed by atoms with Gasteiger partial charge in [0.15, 0.2) is 5.13 Å². The molecule has 0 atom stereocenters. The number of carbonyl (C=O) groups is 1. The van der Waals surface area contributed by atoms with Gasteiger partial charge in [-0.3, -0.25) is 9.69 Å². The lowest BCUT2D eigenvalue weighted by atomic mass is 10.1. The van der Waals surface area contributed by atoms with E-state index in [1.807, 2.05) is 60.7 Å². The van der Waals surface area contributed by atoms with Gasteiger partial charge in [-0.2, -0.15) is 0 Å². The summed E-state index contributed by atoms with van der Waals surface area (Å²) in [4.78, 5) is 20.7. The van der Waals surface area contributed by atoms with Crippen LogP contribution in [-0.4, -0.2) is 10.9 Å². The third kappa shape index (κ3) is 4.72. The number of carbonyl (C=O) groups excluding carboxylic acids is 1. The second-order valence-corrected chi connectivity index (χ2v) is 8.22. The Morgan fingerprint density at radius 1 is 0.935 bits per heavy atom. The van der Waals surface area contributed by atoms with E-state index in [-0.39, 0.29) is 18.0 Å². The molecule has 0 saturated heterocycles. The molecule has 156 valence electrons. The summed E-state index contributed by atoms with van der Waals surface area (Å²) in [6, 6.07) is 26.1. The largest absolute Gasteiger partial charge is 0.274 e. The minimum Gasteiger partial charge on any atom is -0.274 e. The minimum atomic E-state index is -0.440. The van der Waals surface area contributed by atoms with Crippen LogP contribution in [0.2, 0.25) is 0 Å². The van der Waals surface area contributed by atoms with Crippen LogP contribution in [0.25, 0.3) is 11.3 Å². The molecular formula is C26H23FN2OS. The normalized spacial score (nSPS) is 10.8. The Morgan fingerprint density at radius 3 is 2.26 bits per heavy atom. The van der Waals surface area contributed by atoms with Crippen molar-refractivity contribution in [3.63, 3.8) is 0 Å². The maximum atomic E-state index is 14.7. The Hall–Kier alpha value is -3.31. The van der Waals surface area contributed by atoms with Gasteiger partial charge in [-0.1, -0.05) is 79.7 Å². The average Bonchev–Trinajstić information content (AvgIpc) is 3.24. The van der Waals surface area contributed by atoms with Gasteiger partial charge in [0.2, 0.25) is 5.91 Å². The van der Waals surface area contributed by atoms with Crippen molar-refractivity contribution in [3.05, 3.63) is 101 Å². The number of hydrogen-bond donors (Lipinski definition) is 0. The van der Waals surface area contributed by atoms with Gasteiger partial charge < -0.3 is 0 Å². The number of rotatable bonds is 7. The van der Waals surface area contributed by atoms with E-state index in [0.717, 1.165) is 28.1 Å². The number of halogens is 1. The van der Waals surface area contributed by atoms with Crippen molar-refractivity contribution in [1.29, 1.82) is 0 Å². The van der Waals surface area contributed by atoms with E-state index >= 15 is 0 Å². The lowest BCUT2D eigenvalue weighted by Crippen LogP contribution is -2.27. The summed E-state index contributed by atoms with van der Waals surface area (Å²) >= 11 is 1.44. The molecule has 0 radical (unpaired) electrons. The van der Waals surface area contributed by atoms with Gasteiger partial charge in [0.1, 0.15) is 5.82 Å². The molecule has 4 aromatic rings. The Labute approximate surface area is 185 Å². The number of aryl methyl sites for hydroxylation is 2. The minimum absolute atomic E-state index is 0.176. The monoisotopic (exact) mass is 430 g/mol. The van der Waals surface area contributed by atoms with Gasteiger partial charge in [-0.15, -0.1) is 11.3 Å². The number of benzene rings is 3. The second-order valence-electron chi connectivity index (χ2n) is 7.15. The molecule has 5 heteroatoms. The first-order valence-electron chi connectivity index (χ1n) is 10.3. The number of thiazole rings is 1. The summed E-state index contributed by atoms with van der Waals surface area (Å²) in [6.07, 6.45) is 1.63. The van der Waals surface area contributed by atoms with Crippen LogP contribution in [0.1, 0.15) is 23.8 Å². The fourth-order valence-corrected chi connectivity index (χ4v) is 4.53. The summed E-state index contributed by atoms with van der Waals surface area (Å²) < 4.78 is 14.7. The number of amides is 1. The molecule has 31 heavy (non-hydrogen) atoms. The first-order chi connectivity index (χ1) is 15.2. The van der Waals surface area contributed by atoms with Crippen molar-refractivity contribution < 1.29 is 9.18 Å². The van der Waals surface area contributed by atoms with Crippen LogP contribution in [0.3, 0.4) is 0 Å². The van der Waals surface area contributed by atoms with Crippen molar-refractivity contribution in [3.8, 4) is 11.3 Å². The van der Waals surface area contributed by atoms with Crippen molar-refractivity contribution in [2.45, 2.75) is 26.2 Å². The first-order valence-corrected chi connectivity index (χ1v) is 11.2. The molecule has 0 spiro atoms. The fraction of sp³-hybridized carbons (Fsp3) is 0.154. The molecule has 0 aliphatic heterocycles. The SMILES string of the molecule is CCc1sc(N(C(=O)CCc2ccccc2)c2ccccc2F)nc1-c1ccccc1. The molecule has 0 aliphatic carbocycles. The zero-order chi connectivity index (χ0) is 21.6. The summed E-state index contributed by atoms with van der Waals surface area (Å²) in [5.41, 5.74) is 3.15. The standard InChI is InChI=1S/C26H23FN2OS/c1-2-23-25(20-13-7-4-8-14-20)28-26(31-23)29(22-16-10-9-15-21(22)27)24(30)18-17-19-11-5-3-6-12-19/h3-16H,2,17-18H2,1H3. The zero-order valence-corrected chi connectivity index (χ0v) is 18.1. The molecule has 0 saturated carbocycles. The molecule has 0 aliphatic rings. The summed E-state index contributed by atoms with van der Waals surface area (Å²) in [5.74, 6) is -0.616. The molecular weight excluding hydrogens is 407 g/mol. The van der Waals surface area contributed by atoms with E-state index in [0.29, 0.717) is 11.6 Å². The number of hydrogen-bond acceptors (Lipinski definition) is 3. The molecule has 1 amide bonds. The van der Waals surface area contributed by atoms with E-state index in [1.165, 1.54) is 22.3 Å². The summed E-state index contributed by atoms with van der Waals surface area (Å²) in [6.45, 7) is 2.06. The maximum Gasteiger partial charge on any atom is 0.233 e. The molecule has 3 aromatic carbocycles. The lowest BCUT2D eigenvalue weighted by Gasteiger charge is -2.20. The van der Waals surface area contributed by atoms with Crippen LogP contribution in [-0.2, 0) is 17.6 Å². The predicted molar refractivity (Wildman–Crippen MR) is 125 cm³/mol. The molecule has 1 heterocycles. The second kappa shape index (κ2) is 9.67. The maximum absolute atomic E-state index is 14.7. The molecule has 4 rings (SSSR count). The van der Waals surface area contributed by atoms with E-state index in [4.69, 9.17) is 4.98 Å². The smallest absolute Gasteiger partial charge is 0.233 e. The molecule has 3 nitrogen and oxygen atoms in total. The van der Waals surface area contributed by atoms with Crippen molar-refractivity contribution in [2.75, 3.05) is 4.90 Å². The van der Waals surface area contributed by atoms with Gasteiger partial charge in [0.05, 0.1) is 11.4 Å². The van der Waals surface area contributed by atoms with Crippen LogP contribution in [0.5, 0.6) is 0 Å².